The third-order valence-corrected chi connectivity index (χ3v) is 4.75. The Balaban J connectivity index is 2.35. The van der Waals surface area contributed by atoms with Gasteiger partial charge in [-0.05, 0) is 24.3 Å². The van der Waals surface area contributed by atoms with Gasteiger partial charge in [0.25, 0.3) is 0 Å². The Hall–Kier alpha value is -1.73. The molecule has 1 aromatic rings. The lowest BCUT2D eigenvalue weighted by atomic mass is 9.87. The maximum Gasteiger partial charge on any atom is 0.324 e. The highest BCUT2D eigenvalue weighted by molar-refractivity contribution is 7.83. The van der Waals surface area contributed by atoms with Gasteiger partial charge in [-0.2, -0.15) is 0 Å². The van der Waals surface area contributed by atoms with Crippen LogP contribution in [0.5, 0.6) is 0 Å². The molecule has 0 amide bonds. The second kappa shape index (κ2) is 11.1. The summed E-state index contributed by atoms with van der Waals surface area (Å²) in [4.78, 5) is 23.8. The van der Waals surface area contributed by atoms with Crippen molar-refractivity contribution in [3.05, 3.63) is 35.9 Å². The number of hydrogen-bond acceptors (Lipinski definition) is 5. The summed E-state index contributed by atoms with van der Waals surface area (Å²) in [5.74, 6) is -0.494. The van der Waals surface area contributed by atoms with Crippen molar-refractivity contribution in [2.24, 2.45) is 5.41 Å². The molecule has 0 spiro atoms. The highest BCUT2D eigenvalue weighted by Gasteiger charge is 2.33. The van der Waals surface area contributed by atoms with Crippen molar-refractivity contribution in [1.29, 1.82) is 0 Å². The summed E-state index contributed by atoms with van der Waals surface area (Å²) in [6.45, 7) is 7.86. The number of carbonyl (C=O) groups is 2. The Kier molecular flexibility index (Phi) is 9.51. The first-order chi connectivity index (χ1) is 12.2. The molecule has 0 radical (unpaired) electrons. The van der Waals surface area contributed by atoms with Gasteiger partial charge in [0.15, 0.2) is 0 Å². The van der Waals surface area contributed by atoms with E-state index in [2.05, 4.69) is 4.72 Å². The lowest BCUT2D eigenvalue weighted by Gasteiger charge is -2.28. The Bertz CT molecular complexity index is 598. The zero-order chi connectivity index (χ0) is 19.6. The van der Waals surface area contributed by atoms with Crippen LogP contribution in [0.2, 0.25) is 0 Å². The summed E-state index contributed by atoms with van der Waals surface area (Å²) in [5, 5.41) is 0. The maximum atomic E-state index is 12.2. The first-order valence-corrected chi connectivity index (χ1v) is 10.1. The number of carbonyl (C=O) groups excluding carboxylic acids is 2. The van der Waals surface area contributed by atoms with Gasteiger partial charge in [0.05, 0.1) is 17.6 Å². The van der Waals surface area contributed by atoms with E-state index in [9.17, 15) is 13.8 Å². The van der Waals surface area contributed by atoms with E-state index in [1.165, 1.54) is 0 Å². The van der Waals surface area contributed by atoms with Crippen LogP contribution in [0.1, 0.15) is 46.1 Å². The highest BCUT2D eigenvalue weighted by Crippen LogP contribution is 2.21. The minimum atomic E-state index is -1.44. The molecule has 0 saturated carbocycles. The quantitative estimate of drug-likeness (QED) is 0.628. The minimum Gasteiger partial charge on any atom is -0.465 e. The molecule has 2 atom stereocenters. The van der Waals surface area contributed by atoms with Crippen molar-refractivity contribution < 1.29 is 23.3 Å². The average molecular weight is 384 g/mol. The van der Waals surface area contributed by atoms with Crippen molar-refractivity contribution >= 4 is 22.9 Å². The van der Waals surface area contributed by atoms with Gasteiger partial charge < -0.3 is 9.47 Å². The zero-order valence-corrected chi connectivity index (χ0v) is 16.8. The summed E-state index contributed by atoms with van der Waals surface area (Å²) in [6, 6.07) is 8.76. The molecule has 6 nitrogen and oxygen atoms in total. The molecule has 1 rings (SSSR count). The molecule has 26 heavy (non-hydrogen) atoms. The van der Waals surface area contributed by atoms with Gasteiger partial charge in [-0.1, -0.05) is 51.1 Å². The van der Waals surface area contributed by atoms with E-state index >= 15 is 0 Å². The van der Waals surface area contributed by atoms with Crippen LogP contribution in [-0.4, -0.2) is 34.5 Å². The van der Waals surface area contributed by atoms with E-state index in [-0.39, 0.29) is 31.4 Å². The van der Waals surface area contributed by atoms with Gasteiger partial charge in [-0.15, -0.1) is 0 Å². The number of nitrogens with one attached hydrogen (secondary N) is 1. The van der Waals surface area contributed by atoms with Gasteiger partial charge in [0, 0.05) is 12.2 Å². The van der Waals surface area contributed by atoms with Crippen LogP contribution < -0.4 is 4.72 Å². The largest absolute Gasteiger partial charge is 0.465 e. The lowest BCUT2D eigenvalue weighted by molar-refractivity contribution is -0.148. The second-order valence-electron chi connectivity index (χ2n) is 6.97. The van der Waals surface area contributed by atoms with Crippen molar-refractivity contribution in [2.75, 3.05) is 12.4 Å². The van der Waals surface area contributed by atoms with E-state index in [1.807, 2.05) is 51.1 Å². The highest BCUT2D eigenvalue weighted by atomic mass is 32.2. The van der Waals surface area contributed by atoms with E-state index in [1.54, 1.807) is 6.92 Å². The lowest BCUT2D eigenvalue weighted by Crippen LogP contribution is -2.48. The Labute approximate surface area is 158 Å². The van der Waals surface area contributed by atoms with E-state index < -0.39 is 28.4 Å². The molecule has 0 saturated heterocycles. The van der Waals surface area contributed by atoms with Gasteiger partial charge in [0.1, 0.15) is 12.6 Å². The predicted octanol–water partition coefficient (Wildman–Crippen LogP) is 2.74. The molecular weight excluding hydrogens is 354 g/mol. The first-order valence-electron chi connectivity index (χ1n) is 8.74. The minimum absolute atomic E-state index is 0.180. The molecule has 1 N–H and O–H groups in total. The standard InChI is InChI=1S/C19H29NO5S/c1-5-24-18(22)17(19(2,3)4)20-26(23)13-9-12-16(21)25-14-15-10-7-6-8-11-15/h6-8,10-11,17,20H,5,9,12-14H2,1-4H3. The van der Waals surface area contributed by atoms with Crippen LogP contribution in [0.15, 0.2) is 30.3 Å². The summed E-state index contributed by atoms with van der Waals surface area (Å²) in [6.07, 6.45) is 0.590. The zero-order valence-electron chi connectivity index (χ0n) is 15.9. The van der Waals surface area contributed by atoms with Gasteiger partial charge in [0.2, 0.25) is 0 Å². The second-order valence-corrected chi connectivity index (χ2v) is 8.30. The fourth-order valence-electron chi connectivity index (χ4n) is 2.15. The van der Waals surface area contributed by atoms with E-state index in [4.69, 9.17) is 9.47 Å². The fourth-order valence-corrected chi connectivity index (χ4v) is 3.39. The van der Waals surface area contributed by atoms with Gasteiger partial charge in [-0.3, -0.25) is 9.59 Å². The van der Waals surface area contributed by atoms with Crippen molar-refractivity contribution in [3.8, 4) is 0 Å². The Morgan fingerprint density at radius 2 is 1.81 bits per heavy atom. The molecule has 0 bridgehead atoms. The first kappa shape index (κ1) is 22.3. The third kappa shape index (κ3) is 8.58. The average Bonchev–Trinajstić information content (AvgIpc) is 2.58. The molecule has 0 aromatic heterocycles. The number of hydrogen-bond donors (Lipinski definition) is 1. The Morgan fingerprint density at radius 1 is 1.15 bits per heavy atom. The normalized spacial score (nSPS) is 13.7. The SMILES string of the molecule is CCOC(=O)C(NS(=O)CCCC(=O)OCc1ccccc1)C(C)(C)C. The molecule has 0 heterocycles. The van der Waals surface area contributed by atoms with Crippen molar-refractivity contribution in [2.45, 2.75) is 53.2 Å². The molecule has 0 aliphatic carbocycles. The summed E-state index contributed by atoms with van der Waals surface area (Å²) < 4.78 is 25.2. The smallest absolute Gasteiger partial charge is 0.324 e. The number of ether oxygens (including phenoxy) is 2. The van der Waals surface area contributed by atoms with Gasteiger partial charge in [-0.25, -0.2) is 8.93 Å². The topological polar surface area (TPSA) is 81.7 Å². The van der Waals surface area contributed by atoms with E-state index in [0.29, 0.717) is 6.42 Å². The van der Waals surface area contributed by atoms with E-state index in [0.717, 1.165) is 5.56 Å². The van der Waals surface area contributed by atoms with Crippen LogP contribution in [0, 0.1) is 5.41 Å². The summed E-state index contributed by atoms with van der Waals surface area (Å²) >= 11 is 0. The summed E-state index contributed by atoms with van der Waals surface area (Å²) in [5.41, 5.74) is 0.491. The predicted molar refractivity (Wildman–Crippen MR) is 101 cm³/mol. The maximum absolute atomic E-state index is 12.2. The van der Waals surface area contributed by atoms with Crippen molar-refractivity contribution in [1.82, 2.24) is 4.72 Å². The van der Waals surface area contributed by atoms with Crippen LogP contribution in [0.4, 0.5) is 0 Å². The number of esters is 2. The Morgan fingerprint density at radius 3 is 2.38 bits per heavy atom. The molecule has 2 unspecified atom stereocenters. The summed E-state index contributed by atoms with van der Waals surface area (Å²) in [7, 11) is -1.44. The van der Waals surface area contributed by atoms with Gasteiger partial charge >= 0.3 is 11.9 Å². The van der Waals surface area contributed by atoms with Crippen LogP contribution in [-0.2, 0) is 36.7 Å². The molecule has 1 aromatic carbocycles. The van der Waals surface area contributed by atoms with Crippen LogP contribution in [0.3, 0.4) is 0 Å². The molecular formula is C19H29NO5S. The third-order valence-electron chi connectivity index (χ3n) is 3.59. The fraction of sp³-hybridized carbons (Fsp3) is 0.579. The molecule has 0 fully saturated rings. The molecule has 0 aliphatic heterocycles. The number of rotatable bonds is 10. The molecule has 7 heteroatoms. The van der Waals surface area contributed by atoms with Crippen LogP contribution in [0.25, 0.3) is 0 Å². The monoisotopic (exact) mass is 383 g/mol. The van der Waals surface area contributed by atoms with Crippen LogP contribution >= 0.6 is 0 Å². The van der Waals surface area contributed by atoms with Crippen molar-refractivity contribution in [3.63, 3.8) is 0 Å². The molecule has 0 aliphatic rings. The molecule has 146 valence electrons. The number of benzene rings is 1.